The van der Waals surface area contributed by atoms with Crippen molar-refractivity contribution in [3.05, 3.63) is 35.9 Å². The molecule has 2 heteroatoms. The SMILES string of the molecule is C[C@@H]1CN(Cc2ccccc2)C[C@@]1(O)C(C)(C)C. The third-order valence-electron chi connectivity index (χ3n) is 4.36. The van der Waals surface area contributed by atoms with Crippen molar-refractivity contribution < 1.29 is 5.11 Å². The first kappa shape index (κ1) is 13.6. The molecule has 1 N–H and O–H groups in total. The first-order chi connectivity index (χ1) is 8.33. The third kappa shape index (κ3) is 2.45. The lowest BCUT2D eigenvalue weighted by Crippen LogP contribution is -2.49. The molecule has 0 saturated carbocycles. The lowest BCUT2D eigenvalue weighted by Gasteiger charge is -2.40. The number of β-amino-alcohol motifs (C(OH)–C–C–N with tert-alkyl or cyclic N) is 1. The van der Waals surface area contributed by atoms with Crippen LogP contribution >= 0.6 is 0 Å². The zero-order chi connectivity index (χ0) is 13.4. The largest absolute Gasteiger partial charge is 0.388 e. The minimum atomic E-state index is -0.582. The summed E-state index contributed by atoms with van der Waals surface area (Å²) in [6.07, 6.45) is 0. The minimum absolute atomic E-state index is 0.0716. The second kappa shape index (κ2) is 4.67. The molecule has 1 aliphatic heterocycles. The number of nitrogens with zero attached hydrogens (tertiary/aromatic N) is 1. The van der Waals surface area contributed by atoms with E-state index >= 15 is 0 Å². The Kier molecular flexibility index (Phi) is 3.52. The first-order valence-corrected chi connectivity index (χ1v) is 6.81. The molecular formula is C16H25NO. The molecule has 1 aliphatic rings. The number of benzene rings is 1. The van der Waals surface area contributed by atoms with E-state index in [-0.39, 0.29) is 5.41 Å². The second-order valence-corrected chi connectivity index (χ2v) is 6.73. The average Bonchev–Trinajstić information content (AvgIpc) is 2.56. The molecule has 2 rings (SSSR count). The Morgan fingerprint density at radius 1 is 1.28 bits per heavy atom. The zero-order valence-electron chi connectivity index (χ0n) is 12.0. The van der Waals surface area contributed by atoms with Crippen molar-refractivity contribution in [3.63, 3.8) is 0 Å². The van der Waals surface area contributed by atoms with Gasteiger partial charge in [0.2, 0.25) is 0 Å². The van der Waals surface area contributed by atoms with Crippen LogP contribution in [0.5, 0.6) is 0 Å². The van der Waals surface area contributed by atoms with Crippen LogP contribution in [0.4, 0.5) is 0 Å². The molecule has 1 saturated heterocycles. The van der Waals surface area contributed by atoms with E-state index in [1.165, 1.54) is 5.56 Å². The molecule has 0 unspecified atom stereocenters. The van der Waals surface area contributed by atoms with Gasteiger partial charge in [0, 0.05) is 19.6 Å². The molecule has 0 aromatic heterocycles. The van der Waals surface area contributed by atoms with Crippen LogP contribution in [0.3, 0.4) is 0 Å². The minimum Gasteiger partial charge on any atom is -0.388 e. The fourth-order valence-electron chi connectivity index (χ4n) is 3.04. The molecule has 0 spiro atoms. The van der Waals surface area contributed by atoms with Gasteiger partial charge in [-0.15, -0.1) is 0 Å². The Morgan fingerprint density at radius 2 is 1.89 bits per heavy atom. The maximum Gasteiger partial charge on any atom is 0.0859 e. The van der Waals surface area contributed by atoms with Crippen molar-refractivity contribution in [3.8, 4) is 0 Å². The summed E-state index contributed by atoms with van der Waals surface area (Å²) in [4.78, 5) is 2.37. The van der Waals surface area contributed by atoms with Crippen LogP contribution < -0.4 is 0 Å². The van der Waals surface area contributed by atoms with Gasteiger partial charge in [-0.2, -0.15) is 0 Å². The molecule has 2 atom stereocenters. The second-order valence-electron chi connectivity index (χ2n) is 6.73. The molecule has 18 heavy (non-hydrogen) atoms. The van der Waals surface area contributed by atoms with Gasteiger partial charge >= 0.3 is 0 Å². The number of likely N-dealkylation sites (tertiary alicyclic amines) is 1. The number of rotatable bonds is 2. The normalized spacial score (nSPS) is 29.7. The first-order valence-electron chi connectivity index (χ1n) is 6.81. The van der Waals surface area contributed by atoms with Crippen LogP contribution in [0.1, 0.15) is 33.3 Å². The van der Waals surface area contributed by atoms with E-state index in [4.69, 9.17) is 0 Å². The van der Waals surface area contributed by atoms with Gasteiger partial charge in [0.1, 0.15) is 0 Å². The molecule has 100 valence electrons. The highest BCUT2D eigenvalue weighted by molar-refractivity contribution is 5.15. The van der Waals surface area contributed by atoms with Gasteiger partial charge in [0.25, 0.3) is 0 Å². The predicted molar refractivity (Wildman–Crippen MR) is 75.3 cm³/mol. The van der Waals surface area contributed by atoms with Crippen molar-refractivity contribution >= 4 is 0 Å². The van der Waals surface area contributed by atoms with Crippen molar-refractivity contribution in [2.75, 3.05) is 13.1 Å². The van der Waals surface area contributed by atoms with Gasteiger partial charge in [-0.25, -0.2) is 0 Å². The molecular weight excluding hydrogens is 222 g/mol. The highest BCUT2D eigenvalue weighted by Crippen LogP contribution is 2.41. The van der Waals surface area contributed by atoms with Crippen LogP contribution in [0.25, 0.3) is 0 Å². The maximum atomic E-state index is 10.9. The van der Waals surface area contributed by atoms with E-state index in [0.29, 0.717) is 5.92 Å². The van der Waals surface area contributed by atoms with E-state index < -0.39 is 5.60 Å². The van der Waals surface area contributed by atoms with E-state index in [1.807, 2.05) is 6.07 Å². The molecule has 1 aromatic carbocycles. The van der Waals surface area contributed by atoms with E-state index in [2.05, 4.69) is 56.9 Å². The summed E-state index contributed by atoms with van der Waals surface area (Å²) in [5.41, 5.74) is 0.669. The molecule has 1 aromatic rings. The average molecular weight is 247 g/mol. The molecule has 2 nitrogen and oxygen atoms in total. The fourth-order valence-corrected chi connectivity index (χ4v) is 3.04. The zero-order valence-corrected chi connectivity index (χ0v) is 12.0. The quantitative estimate of drug-likeness (QED) is 0.868. The summed E-state index contributed by atoms with van der Waals surface area (Å²) in [7, 11) is 0. The highest BCUT2D eigenvalue weighted by atomic mass is 16.3. The smallest absolute Gasteiger partial charge is 0.0859 e. The van der Waals surface area contributed by atoms with Crippen molar-refractivity contribution in [2.24, 2.45) is 11.3 Å². The Bertz CT molecular complexity index is 395. The Labute approximate surface area is 111 Å². The Balaban J connectivity index is 2.08. The van der Waals surface area contributed by atoms with Crippen LogP contribution in [0.15, 0.2) is 30.3 Å². The Morgan fingerprint density at radius 3 is 2.39 bits per heavy atom. The predicted octanol–water partition coefficient (Wildman–Crippen LogP) is 2.92. The van der Waals surface area contributed by atoms with Crippen LogP contribution in [0.2, 0.25) is 0 Å². The highest BCUT2D eigenvalue weighted by Gasteiger charge is 2.50. The van der Waals surface area contributed by atoms with Crippen LogP contribution in [0, 0.1) is 11.3 Å². The number of hydrogen-bond acceptors (Lipinski definition) is 2. The lowest BCUT2D eigenvalue weighted by molar-refractivity contribution is -0.0751. The van der Waals surface area contributed by atoms with Crippen LogP contribution in [-0.2, 0) is 6.54 Å². The van der Waals surface area contributed by atoms with E-state index in [9.17, 15) is 5.11 Å². The summed E-state index contributed by atoms with van der Waals surface area (Å²) in [6.45, 7) is 11.2. The summed E-state index contributed by atoms with van der Waals surface area (Å²) >= 11 is 0. The molecule has 1 fully saturated rings. The molecule has 0 radical (unpaired) electrons. The fraction of sp³-hybridized carbons (Fsp3) is 0.625. The topological polar surface area (TPSA) is 23.5 Å². The van der Waals surface area contributed by atoms with Gasteiger partial charge in [-0.3, -0.25) is 4.90 Å². The van der Waals surface area contributed by atoms with Crippen LogP contribution in [-0.4, -0.2) is 28.7 Å². The lowest BCUT2D eigenvalue weighted by atomic mass is 9.71. The van der Waals surface area contributed by atoms with Gasteiger partial charge in [-0.05, 0) is 16.9 Å². The summed E-state index contributed by atoms with van der Waals surface area (Å²) < 4.78 is 0. The molecule has 0 amide bonds. The Hall–Kier alpha value is -0.860. The van der Waals surface area contributed by atoms with Gasteiger partial charge in [-0.1, -0.05) is 58.0 Å². The van der Waals surface area contributed by atoms with Gasteiger partial charge in [0.05, 0.1) is 5.60 Å². The number of hydrogen-bond donors (Lipinski definition) is 1. The van der Waals surface area contributed by atoms with Crippen molar-refractivity contribution in [1.82, 2.24) is 4.90 Å². The maximum absolute atomic E-state index is 10.9. The molecule has 0 bridgehead atoms. The third-order valence-corrected chi connectivity index (χ3v) is 4.36. The number of aliphatic hydroxyl groups is 1. The summed E-state index contributed by atoms with van der Waals surface area (Å²) in [6, 6.07) is 10.5. The van der Waals surface area contributed by atoms with E-state index in [0.717, 1.165) is 19.6 Å². The van der Waals surface area contributed by atoms with Gasteiger partial charge < -0.3 is 5.11 Å². The standard InChI is InChI=1S/C16H25NO/c1-13-10-17(11-14-8-6-5-7-9-14)12-16(13,18)15(2,3)4/h5-9,13,18H,10-12H2,1-4H3/t13-,16+/m1/s1. The van der Waals surface area contributed by atoms with Gasteiger partial charge in [0.15, 0.2) is 0 Å². The summed E-state index contributed by atoms with van der Waals surface area (Å²) in [5, 5.41) is 10.9. The van der Waals surface area contributed by atoms with Crippen molar-refractivity contribution in [1.29, 1.82) is 0 Å². The van der Waals surface area contributed by atoms with E-state index in [1.54, 1.807) is 0 Å². The molecule has 0 aliphatic carbocycles. The molecule has 1 heterocycles. The monoisotopic (exact) mass is 247 g/mol. The van der Waals surface area contributed by atoms with Crippen molar-refractivity contribution in [2.45, 2.75) is 39.8 Å². The summed E-state index contributed by atoms with van der Waals surface area (Å²) in [5.74, 6) is 0.321.